The van der Waals surface area contributed by atoms with Crippen molar-refractivity contribution in [2.75, 3.05) is 29.4 Å². The van der Waals surface area contributed by atoms with Gasteiger partial charge in [-0.2, -0.15) is 4.98 Å². The van der Waals surface area contributed by atoms with E-state index in [1.807, 2.05) is 0 Å². The second-order valence-corrected chi connectivity index (χ2v) is 10.7. The van der Waals surface area contributed by atoms with E-state index in [1.54, 1.807) is 47.4 Å². The van der Waals surface area contributed by atoms with E-state index < -0.39 is 15.8 Å². The van der Waals surface area contributed by atoms with Crippen LogP contribution in [-0.2, 0) is 16.4 Å². The normalized spacial score (nSPS) is 17.1. The maximum atomic E-state index is 14.0. The number of halogens is 1. The molecule has 0 atom stereocenters. The van der Waals surface area contributed by atoms with Crippen LogP contribution in [0.25, 0.3) is 17.5 Å². The van der Waals surface area contributed by atoms with Gasteiger partial charge in [0.05, 0.1) is 22.5 Å². The van der Waals surface area contributed by atoms with Crippen molar-refractivity contribution in [1.29, 1.82) is 0 Å². The summed E-state index contributed by atoms with van der Waals surface area (Å²) in [6.45, 7) is 0.883. The first-order valence-corrected chi connectivity index (χ1v) is 13.0. The Hall–Kier alpha value is -3.18. The molecule has 8 nitrogen and oxygen atoms in total. The van der Waals surface area contributed by atoms with Crippen LogP contribution >= 0.6 is 11.8 Å². The SMILES string of the molecule is CS(=O)(=O)N1CCc2cc(C(=O)N3CCS/C3=C/c3nc(-c4ccccc4F)no3)ccc21. The van der Waals surface area contributed by atoms with Gasteiger partial charge in [0.2, 0.25) is 15.8 Å². The molecule has 0 saturated carbocycles. The summed E-state index contributed by atoms with van der Waals surface area (Å²) >= 11 is 1.48. The number of anilines is 1. The first kappa shape index (κ1) is 21.7. The van der Waals surface area contributed by atoms with Crippen LogP contribution in [0, 0.1) is 5.82 Å². The molecule has 1 aromatic heterocycles. The number of rotatable bonds is 4. The predicted molar refractivity (Wildman–Crippen MR) is 123 cm³/mol. The summed E-state index contributed by atoms with van der Waals surface area (Å²) in [6, 6.07) is 11.2. The maximum Gasteiger partial charge on any atom is 0.258 e. The molecule has 1 fully saturated rings. The summed E-state index contributed by atoms with van der Waals surface area (Å²) in [7, 11) is -3.35. The topological polar surface area (TPSA) is 96.6 Å². The van der Waals surface area contributed by atoms with Gasteiger partial charge in [-0.15, -0.1) is 11.8 Å². The van der Waals surface area contributed by atoms with E-state index in [-0.39, 0.29) is 23.2 Å². The summed E-state index contributed by atoms with van der Waals surface area (Å²) in [6.07, 6.45) is 3.35. The van der Waals surface area contributed by atoms with Crippen molar-refractivity contribution in [1.82, 2.24) is 15.0 Å². The molecule has 170 valence electrons. The Labute approximate surface area is 194 Å². The Bertz CT molecular complexity index is 1390. The predicted octanol–water partition coefficient (Wildman–Crippen LogP) is 3.39. The van der Waals surface area contributed by atoms with Crippen molar-refractivity contribution in [2.24, 2.45) is 0 Å². The molecule has 3 aromatic rings. The van der Waals surface area contributed by atoms with E-state index in [0.717, 1.165) is 5.56 Å². The molecule has 0 aliphatic carbocycles. The lowest BCUT2D eigenvalue weighted by Crippen LogP contribution is -2.28. The van der Waals surface area contributed by atoms with Crippen LogP contribution in [0.4, 0.5) is 10.1 Å². The molecule has 3 heterocycles. The molecule has 0 N–H and O–H groups in total. The van der Waals surface area contributed by atoms with Gasteiger partial charge in [-0.05, 0) is 42.3 Å². The van der Waals surface area contributed by atoms with Gasteiger partial charge in [0.1, 0.15) is 5.82 Å². The lowest BCUT2D eigenvalue weighted by atomic mass is 10.1. The van der Waals surface area contributed by atoms with Gasteiger partial charge < -0.3 is 9.42 Å². The number of carbonyl (C=O) groups is 1. The van der Waals surface area contributed by atoms with Gasteiger partial charge in [0.25, 0.3) is 11.8 Å². The fourth-order valence-electron chi connectivity index (χ4n) is 3.91. The van der Waals surface area contributed by atoms with E-state index in [0.29, 0.717) is 41.5 Å². The van der Waals surface area contributed by atoms with Gasteiger partial charge in [0, 0.05) is 30.5 Å². The molecule has 0 radical (unpaired) electrons. The Morgan fingerprint density at radius 2 is 2.03 bits per heavy atom. The second-order valence-electron chi connectivity index (χ2n) is 7.65. The maximum absolute atomic E-state index is 14.0. The van der Waals surface area contributed by atoms with E-state index in [4.69, 9.17) is 4.52 Å². The van der Waals surface area contributed by atoms with E-state index in [9.17, 15) is 17.6 Å². The van der Waals surface area contributed by atoms with Crippen LogP contribution in [0.15, 0.2) is 52.0 Å². The number of sulfonamides is 1. The van der Waals surface area contributed by atoms with E-state index in [2.05, 4.69) is 10.1 Å². The number of hydrogen-bond acceptors (Lipinski definition) is 7. The molecule has 5 rings (SSSR count). The van der Waals surface area contributed by atoms with Crippen LogP contribution < -0.4 is 4.31 Å². The fraction of sp³-hybridized carbons (Fsp3) is 0.227. The molecule has 33 heavy (non-hydrogen) atoms. The minimum atomic E-state index is -3.35. The molecule has 0 unspecified atom stereocenters. The smallest absolute Gasteiger partial charge is 0.258 e. The van der Waals surface area contributed by atoms with Gasteiger partial charge in [-0.1, -0.05) is 17.3 Å². The molecule has 2 aliphatic rings. The third-order valence-corrected chi connectivity index (χ3v) is 7.66. The summed E-state index contributed by atoms with van der Waals surface area (Å²) in [5.41, 5.74) is 2.16. The summed E-state index contributed by atoms with van der Waals surface area (Å²) < 4.78 is 44.5. The van der Waals surface area contributed by atoms with Crippen molar-refractivity contribution < 1.29 is 22.1 Å². The molecule has 1 amide bonds. The Morgan fingerprint density at radius 1 is 1.21 bits per heavy atom. The van der Waals surface area contributed by atoms with Crippen molar-refractivity contribution in [3.05, 3.63) is 70.3 Å². The lowest BCUT2D eigenvalue weighted by Gasteiger charge is -2.18. The largest absolute Gasteiger partial charge is 0.334 e. The number of nitrogens with zero attached hydrogens (tertiary/aromatic N) is 4. The number of amides is 1. The summed E-state index contributed by atoms with van der Waals surface area (Å²) in [5.74, 6) is 0.373. The van der Waals surface area contributed by atoms with Crippen molar-refractivity contribution in [3.8, 4) is 11.4 Å². The third-order valence-electron chi connectivity index (χ3n) is 5.46. The van der Waals surface area contributed by atoms with Gasteiger partial charge >= 0.3 is 0 Å². The first-order valence-electron chi connectivity index (χ1n) is 10.2. The molecule has 2 aromatic carbocycles. The molecular weight excluding hydrogens is 467 g/mol. The first-order chi connectivity index (χ1) is 15.8. The van der Waals surface area contributed by atoms with Gasteiger partial charge in [0.15, 0.2) is 0 Å². The second kappa shape index (κ2) is 8.31. The van der Waals surface area contributed by atoms with E-state index in [1.165, 1.54) is 28.4 Å². The molecule has 0 bridgehead atoms. The van der Waals surface area contributed by atoms with Crippen LogP contribution in [0.2, 0.25) is 0 Å². The number of benzene rings is 2. The molecular formula is C22H19FN4O4S2. The van der Waals surface area contributed by atoms with Crippen LogP contribution in [0.3, 0.4) is 0 Å². The zero-order valence-corrected chi connectivity index (χ0v) is 19.2. The van der Waals surface area contributed by atoms with Crippen molar-refractivity contribution in [3.63, 3.8) is 0 Å². The highest BCUT2D eigenvalue weighted by Gasteiger charge is 2.30. The highest BCUT2D eigenvalue weighted by atomic mass is 32.2. The van der Waals surface area contributed by atoms with E-state index >= 15 is 0 Å². The molecule has 11 heteroatoms. The monoisotopic (exact) mass is 486 g/mol. The van der Waals surface area contributed by atoms with Gasteiger partial charge in [-0.3, -0.25) is 9.10 Å². The number of carbonyl (C=O) groups excluding carboxylic acids is 1. The zero-order valence-electron chi connectivity index (χ0n) is 17.6. The lowest BCUT2D eigenvalue weighted by molar-refractivity contribution is 0.0831. The number of hydrogen-bond donors (Lipinski definition) is 0. The highest BCUT2D eigenvalue weighted by molar-refractivity contribution is 8.03. The molecule has 1 saturated heterocycles. The molecule has 0 spiro atoms. The van der Waals surface area contributed by atoms with Crippen LogP contribution in [0.5, 0.6) is 0 Å². The van der Waals surface area contributed by atoms with Crippen molar-refractivity contribution >= 4 is 39.5 Å². The average Bonchev–Trinajstić information content (AvgIpc) is 3.52. The minimum absolute atomic E-state index is 0.134. The van der Waals surface area contributed by atoms with Gasteiger partial charge in [-0.25, -0.2) is 12.8 Å². The third kappa shape index (κ3) is 4.13. The van der Waals surface area contributed by atoms with Crippen molar-refractivity contribution in [2.45, 2.75) is 6.42 Å². The Balaban J connectivity index is 1.39. The highest BCUT2D eigenvalue weighted by Crippen LogP contribution is 2.34. The van der Waals surface area contributed by atoms with Crippen LogP contribution in [-0.4, -0.2) is 54.5 Å². The molecule has 2 aliphatic heterocycles. The fourth-order valence-corrected chi connectivity index (χ4v) is 5.86. The quantitative estimate of drug-likeness (QED) is 0.558. The summed E-state index contributed by atoms with van der Waals surface area (Å²) in [4.78, 5) is 19.1. The number of fused-ring (bicyclic) bond motifs is 1. The standard InChI is InChI=1S/C22H19FN4O4S2/c1-33(29,30)27-9-8-14-12-15(6-7-18(14)27)22(28)26-10-11-32-20(26)13-19-24-21(25-31-19)16-4-2-3-5-17(16)23/h2-7,12-13H,8-11H2,1H3/b20-13+. The minimum Gasteiger partial charge on any atom is -0.334 e. The number of aromatic nitrogens is 2. The summed E-state index contributed by atoms with van der Waals surface area (Å²) in [5, 5.41) is 4.50. The zero-order chi connectivity index (χ0) is 23.2. The Morgan fingerprint density at radius 3 is 2.82 bits per heavy atom. The average molecular weight is 487 g/mol. The Kier molecular flexibility index (Phi) is 5.45. The van der Waals surface area contributed by atoms with Crippen LogP contribution in [0.1, 0.15) is 21.8 Å². The number of thioether (sulfide) groups is 1.